The highest BCUT2D eigenvalue weighted by Gasteiger charge is 2.36. The Kier molecular flexibility index (Phi) is 10.2. The van der Waals surface area contributed by atoms with Crippen LogP contribution in [-0.2, 0) is 16.1 Å². The Morgan fingerprint density at radius 3 is 2.42 bits per heavy atom. The summed E-state index contributed by atoms with van der Waals surface area (Å²) in [7, 11) is 0. The Balaban J connectivity index is 1.32. The van der Waals surface area contributed by atoms with Gasteiger partial charge < -0.3 is 16.0 Å². The maximum atomic E-state index is 13.4. The van der Waals surface area contributed by atoms with Crippen LogP contribution in [-0.4, -0.2) is 59.4 Å². The minimum Gasteiger partial charge on any atom is -0.387 e. The number of nitrogens with zero attached hydrogens (tertiary/aromatic N) is 3. The molecule has 8 nitrogen and oxygen atoms in total. The molecule has 2 aliphatic heterocycles. The van der Waals surface area contributed by atoms with Gasteiger partial charge in [-0.2, -0.15) is 0 Å². The molecule has 0 saturated carbocycles. The Morgan fingerprint density at radius 2 is 1.71 bits per heavy atom. The van der Waals surface area contributed by atoms with Crippen molar-refractivity contribution in [1.82, 2.24) is 9.80 Å². The maximum Gasteiger partial charge on any atom is 0.255 e. The first kappa shape index (κ1) is 31.9. The van der Waals surface area contributed by atoms with E-state index in [1.165, 1.54) is 5.56 Å². The van der Waals surface area contributed by atoms with Crippen molar-refractivity contribution < 1.29 is 14.4 Å². The molecular formula is C37H43N5O3. The first-order chi connectivity index (χ1) is 21.7. The number of benzene rings is 3. The van der Waals surface area contributed by atoms with Crippen LogP contribution in [0, 0.1) is 5.92 Å². The van der Waals surface area contributed by atoms with Crippen LogP contribution in [0.4, 0.5) is 11.4 Å². The third-order valence-corrected chi connectivity index (χ3v) is 8.55. The molecule has 1 saturated heterocycles. The summed E-state index contributed by atoms with van der Waals surface area (Å²) in [6.07, 6.45) is 3.87. The highest BCUT2D eigenvalue weighted by molar-refractivity contribution is 6.08. The van der Waals surface area contributed by atoms with Crippen molar-refractivity contribution in [2.45, 2.75) is 52.5 Å². The zero-order valence-electron chi connectivity index (χ0n) is 26.5. The summed E-state index contributed by atoms with van der Waals surface area (Å²) in [5.41, 5.74) is 11.5. The van der Waals surface area contributed by atoms with Crippen molar-refractivity contribution in [3.05, 3.63) is 101 Å². The molecule has 2 amide bonds. The summed E-state index contributed by atoms with van der Waals surface area (Å²) < 4.78 is 0. The topological polar surface area (TPSA) is 108 Å². The van der Waals surface area contributed by atoms with E-state index in [0.717, 1.165) is 37.1 Å². The second-order valence-electron chi connectivity index (χ2n) is 12.1. The first-order valence-corrected chi connectivity index (χ1v) is 15.9. The van der Waals surface area contributed by atoms with Gasteiger partial charge in [0, 0.05) is 73.4 Å². The van der Waals surface area contributed by atoms with Gasteiger partial charge in [-0.1, -0.05) is 62.4 Å². The van der Waals surface area contributed by atoms with E-state index < -0.39 is 0 Å². The minimum atomic E-state index is -0.273. The zero-order valence-corrected chi connectivity index (χ0v) is 26.5. The van der Waals surface area contributed by atoms with Crippen LogP contribution in [0.1, 0.15) is 73.0 Å². The van der Waals surface area contributed by atoms with Crippen molar-refractivity contribution >= 4 is 40.9 Å². The SMILES string of the molecule is CCCN(CCC)C(=O)C1=Cc2ccc(C(=O)Nc3cccc(C4CN(Cc5ccccc5)CC4C(C)=O)c3)cc2N=C(N)C1. The number of rotatable bonds is 11. The number of likely N-dealkylation sites (tertiary alicyclic amines) is 1. The summed E-state index contributed by atoms with van der Waals surface area (Å²) in [6.45, 7) is 9.45. The molecule has 0 aromatic heterocycles. The standard InChI is InChI=1S/C37H43N5O3/c1-4-16-42(17-5-2)37(45)30-18-28-14-15-29(20-34(28)40-35(38)21-30)36(44)39-31-13-9-12-27(19-31)33-24-41(23-32(33)25(3)43)22-26-10-7-6-8-11-26/h6-15,18-20,32-33H,4-5,16-17,21-24H2,1-3H3,(H2,38,40)(H,39,44). The number of nitrogens with two attached hydrogens (primary N) is 1. The number of hydrogen-bond acceptors (Lipinski definition) is 6. The average molecular weight is 606 g/mol. The van der Waals surface area contributed by atoms with Gasteiger partial charge in [-0.15, -0.1) is 0 Å². The molecule has 45 heavy (non-hydrogen) atoms. The molecule has 1 fully saturated rings. The first-order valence-electron chi connectivity index (χ1n) is 15.9. The average Bonchev–Trinajstić information content (AvgIpc) is 3.37. The highest BCUT2D eigenvalue weighted by atomic mass is 16.2. The van der Waals surface area contributed by atoms with Gasteiger partial charge in [-0.3, -0.25) is 19.3 Å². The summed E-state index contributed by atoms with van der Waals surface area (Å²) in [4.78, 5) is 48.1. The number of nitrogens with one attached hydrogen (secondary N) is 1. The molecule has 0 spiro atoms. The molecule has 8 heteroatoms. The highest BCUT2D eigenvalue weighted by Crippen LogP contribution is 2.35. The second kappa shape index (κ2) is 14.5. The predicted octanol–water partition coefficient (Wildman–Crippen LogP) is 6.17. The van der Waals surface area contributed by atoms with E-state index in [2.05, 4.69) is 41.2 Å². The molecule has 3 aromatic carbocycles. The number of hydrogen-bond donors (Lipinski definition) is 2. The van der Waals surface area contributed by atoms with Crippen LogP contribution in [0.5, 0.6) is 0 Å². The summed E-state index contributed by atoms with van der Waals surface area (Å²) >= 11 is 0. The van der Waals surface area contributed by atoms with E-state index >= 15 is 0 Å². The quantitative estimate of drug-likeness (QED) is 0.272. The lowest BCUT2D eigenvalue weighted by atomic mass is 9.86. The molecular weight excluding hydrogens is 562 g/mol. The van der Waals surface area contributed by atoms with Gasteiger partial charge in [0.1, 0.15) is 11.6 Å². The minimum absolute atomic E-state index is 0.0242. The Bertz CT molecular complexity index is 1610. The number of aliphatic imine (C=N–C) groups is 1. The van der Waals surface area contributed by atoms with Crippen LogP contribution in [0.15, 0.2) is 83.4 Å². The number of ketones is 1. The fourth-order valence-electron chi connectivity index (χ4n) is 6.38. The van der Waals surface area contributed by atoms with Crippen LogP contribution in [0.25, 0.3) is 6.08 Å². The molecule has 2 unspecified atom stereocenters. The molecule has 0 bridgehead atoms. The molecule has 2 heterocycles. The maximum absolute atomic E-state index is 13.4. The summed E-state index contributed by atoms with van der Waals surface area (Å²) in [5.74, 6) is 0.159. The number of anilines is 1. The number of amides is 2. The third kappa shape index (κ3) is 7.75. The van der Waals surface area contributed by atoms with Gasteiger partial charge in [0.05, 0.1) is 5.69 Å². The van der Waals surface area contributed by atoms with E-state index in [1.54, 1.807) is 19.1 Å². The summed E-state index contributed by atoms with van der Waals surface area (Å²) in [6, 6.07) is 23.4. The van der Waals surface area contributed by atoms with Gasteiger partial charge in [-0.25, -0.2) is 4.99 Å². The molecule has 3 N–H and O–H groups in total. The van der Waals surface area contributed by atoms with Gasteiger partial charge in [0.2, 0.25) is 5.91 Å². The molecule has 2 atom stereocenters. The van der Waals surface area contributed by atoms with Gasteiger partial charge in [0.25, 0.3) is 5.91 Å². The number of amidine groups is 1. The van der Waals surface area contributed by atoms with Crippen molar-refractivity contribution in [1.29, 1.82) is 0 Å². The van der Waals surface area contributed by atoms with Gasteiger partial charge in [-0.05, 0) is 61.2 Å². The Morgan fingerprint density at radius 1 is 0.956 bits per heavy atom. The lowest BCUT2D eigenvalue weighted by Crippen LogP contribution is -2.34. The van der Waals surface area contributed by atoms with Crippen LogP contribution < -0.4 is 11.1 Å². The lowest BCUT2D eigenvalue weighted by molar-refractivity contribution is -0.127. The fraction of sp³-hybridized carbons (Fsp3) is 0.351. The number of Topliss-reactive ketones (excluding diaryl/α,β-unsaturated/α-hetero) is 1. The molecule has 234 valence electrons. The third-order valence-electron chi connectivity index (χ3n) is 8.55. The van der Waals surface area contributed by atoms with Crippen molar-refractivity contribution in [3.8, 4) is 0 Å². The van der Waals surface area contributed by atoms with Crippen LogP contribution in [0.3, 0.4) is 0 Å². The fourth-order valence-corrected chi connectivity index (χ4v) is 6.38. The molecule has 2 aliphatic rings. The van der Waals surface area contributed by atoms with Crippen molar-refractivity contribution in [2.24, 2.45) is 16.6 Å². The van der Waals surface area contributed by atoms with Gasteiger partial charge >= 0.3 is 0 Å². The molecule has 0 aliphatic carbocycles. The molecule has 0 radical (unpaired) electrons. The van der Waals surface area contributed by atoms with Gasteiger partial charge in [0.15, 0.2) is 0 Å². The largest absolute Gasteiger partial charge is 0.387 e. The van der Waals surface area contributed by atoms with Crippen molar-refractivity contribution in [2.75, 3.05) is 31.5 Å². The lowest BCUT2D eigenvalue weighted by Gasteiger charge is -2.22. The van der Waals surface area contributed by atoms with E-state index in [9.17, 15) is 14.4 Å². The number of fused-ring (bicyclic) bond motifs is 1. The smallest absolute Gasteiger partial charge is 0.255 e. The van der Waals surface area contributed by atoms with E-state index in [0.29, 0.717) is 48.0 Å². The van der Waals surface area contributed by atoms with E-state index in [-0.39, 0.29) is 35.9 Å². The number of carbonyl (C=O) groups excluding carboxylic acids is 3. The van der Waals surface area contributed by atoms with E-state index in [1.807, 2.05) is 59.5 Å². The van der Waals surface area contributed by atoms with Crippen LogP contribution >= 0.6 is 0 Å². The Labute approximate surface area is 266 Å². The monoisotopic (exact) mass is 605 g/mol. The van der Waals surface area contributed by atoms with E-state index in [4.69, 9.17) is 5.73 Å². The molecule has 5 rings (SSSR count). The Hall–Kier alpha value is -4.56. The summed E-state index contributed by atoms with van der Waals surface area (Å²) in [5, 5.41) is 3.03. The van der Waals surface area contributed by atoms with Crippen LogP contribution in [0.2, 0.25) is 0 Å². The van der Waals surface area contributed by atoms with Crippen molar-refractivity contribution in [3.63, 3.8) is 0 Å². The second-order valence-corrected chi connectivity index (χ2v) is 12.1. The normalized spacial score (nSPS) is 17.9. The number of carbonyl (C=O) groups is 3. The zero-order chi connectivity index (χ0) is 31.9. The molecule has 3 aromatic rings. The predicted molar refractivity (Wildman–Crippen MR) is 181 cm³/mol.